The van der Waals surface area contributed by atoms with Gasteiger partial charge in [0.15, 0.2) is 8.32 Å². The zero-order chi connectivity index (χ0) is 18.7. The molecule has 0 amide bonds. The van der Waals surface area contributed by atoms with E-state index in [-0.39, 0.29) is 0 Å². The zero-order valence-electron chi connectivity index (χ0n) is 16.9. The minimum Gasteiger partial charge on any atom is -0.437 e. The predicted molar refractivity (Wildman–Crippen MR) is 106 cm³/mol. The first kappa shape index (κ1) is 23.8. The van der Waals surface area contributed by atoms with Gasteiger partial charge in [0.05, 0.1) is 0 Å². The zero-order valence-corrected chi connectivity index (χ0v) is 21.9. The van der Waals surface area contributed by atoms with Crippen molar-refractivity contribution in [3.05, 3.63) is 0 Å². The molecule has 0 aromatic carbocycles. The van der Waals surface area contributed by atoms with Crippen molar-refractivity contribution in [1.29, 1.82) is 0 Å². The molecular formula is C12H36O6Si5. The molecule has 1 atom stereocenters. The van der Waals surface area contributed by atoms with Crippen molar-refractivity contribution in [2.24, 2.45) is 0 Å². The molecule has 11 heteroatoms. The van der Waals surface area contributed by atoms with Gasteiger partial charge in [0.1, 0.15) is 0 Å². The first-order valence-corrected chi connectivity index (χ1v) is 21.9. The Balaban J connectivity index is 5.09. The van der Waals surface area contributed by atoms with Crippen molar-refractivity contribution in [3.63, 3.8) is 0 Å². The van der Waals surface area contributed by atoms with Crippen molar-refractivity contribution >= 4 is 42.8 Å². The highest BCUT2D eigenvalue weighted by atomic mass is 28.5. The lowest BCUT2D eigenvalue weighted by atomic mass is 11.8. The van der Waals surface area contributed by atoms with Crippen LogP contribution in [0.1, 0.15) is 0 Å². The first-order chi connectivity index (χ1) is 9.95. The molecular weight excluding hydrogens is 381 g/mol. The molecule has 0 aromatic heterocycles. The number of hydrogen-bond acceptors (Lipinski definition) is 6. The van der Waals surface area contributed by atoms with Crippen molar-refractivity contribution in [1.82, 2.24) is 0 Å². The fourth-order valence-corrected chi connectivity index (χ4v) is 22.8. The minimum absolute atomic E-state index is 1.63. The van der Waals surface area contributed by atoms with Crippen LogP contribution in [0.5, 0.6) is 0 Å². The topological polar surface area (TPSA) is 55.4 Å². The van der Waals surface area contributed by atoms with Crippen LogP contribution >= 0.6 is 0 Å². The summed E-state index contributed by atoms with van der Waals surface area (Å²) in [7, 11) is -8.20. The van der Waals surface area contributed by atoms with Crippen molar-refractivity contribution in [2.45, 2.75) is 65.5 Å². The summed E-state index contributed by atoms with van der Waals surface area (Å²) in [6.07, 6.45) is 0. The Kier molecular flexibility index (Phi) is 8.32. The van der Waals surface area contributed by atoms with Gasteiger partial charge in [-0.05, 0) is 58.9 Å². The average molecular weight is 417 g/mol. The van der Waals surface area contributed by atoms with Gasteiger partial charge in [-0.15, -0.1) is 0 Å². The first-order valence-electron chi connectivity index (χ1n) is 7.86. The molecule has 0 aliphatic rings. The summed E-state index contributed by atoms with van der Waals surface area (Å²) in [5.74, 6) is 0. The summed E-state index contributed by atoms with van der Waals surface area (Å²) < 4.78 is 36.2. The van der Waals surface area contributed by atoms with Crippen molar-refractivity contribution in [2.75, 3.05) is 14.2 Å². The van der Waals surface area contributed by atoms with Gasteiger partial charge < -0.3 is 25.3 Å². The van der Waals surface area contributed by atoms with Gasteiger partial charge in [0.25, 0.3) is 0 Å². The highest BCUT2D eigenvalue weighted by Gasteiger charge is 2.49. The van der Waals surface area contributed by atoms with Crippen LogP contribution in [0.4, 0.5) is 0 Å². The third kappa shape index (κ3) is 10.4. The molecule has 0 heterocycles. The summed E-state index contributed by atoms with van der Waals surface area (Å²) >= 11 is 0. The molecule has 0 saturated carbocycles. The molecule has 0 fully saturated rings. The molecule has 6 nitrogen and oxygen atoms in total. The normalized spacial score (nSPS) is 17.2. The molecule has 0 aliphatic carbocycles. The number of hydrogen-bond donors (Lipinski definition) is 0. The van der Waals surface area contributed by atoms with E-state index in [9.17, 15) is 0 Å². The molecule has 23 heavy (non-hydrogen) atoms. The smallest absolute Gasteiger partial charge is 0.437 e. The van der Waals surface area contributed by atoms with E-state index in [1.807, 2.05) is 45.8 Å². The van der Waals surface area contributed by atoms with E-state index in [2.05, 4.69) is 19.6 Å². The summed E-state index contributed by atoms with van der Waals surface area (Å²) in [6.45, 7) is 20.5. The van der Waals surface area contributed by atoms with Crippen LogP contribution in [0.15, 0.2) is 0 Å². The highest BCUT2D eigenvalue weighted by molar-refractivity contribution is 6.88. The van der Waals surface area contributed by atoms with Crippen LogP contribution in [0.25, 0.3) is 0 Å². The lowest BCUT2D eigenvalue weighted by Crippen LogP contribution is -2.60. The van der Waals surface area contributed by atoms with Crippen LogP contribution in [0, 0.1) is 0 Å². The Morgan fingerprint density at radius 2 is 0.826 bits per heavy atom. The second-order valence-electron chi connectivity index (χ2n) is 7.99. The standard InChI is InChI=1S/C12H36O6Si5/c1-13-20(6,7)16-22(10,11)18-23(12,14-2)17-21(8,9)15-19(3,4)5/h1-12H3. The molecule has 0 aromatic rings. The van der Waals surface area contributed by atoms with Gasteiger partial charge in [-0.2, -0.15) is 0 Å². The van der Waals surface area contributed by atoms with Crippen LogP contribution in [-0.2, 0) is 25.3 Å². The molecule has 0 saturated heterocycles. The lowest BCUT2D eigenvalue weighted by molar-refractivity contribution is 0.170. The molecule has 0 radical (unpaired) electrons. The monoisotopic (exact) mass is 416 g/mol. The number of rotatable bonds is 10. The third-order valence-corrected chi connectivity index (χ3v) is 19.7. The summed E-state index contributed by atoms with van der Waals surface area (Å²) in [5, 5.41) is 0. The van der Waals surface area contributed by atoms with E-state index >= 15 is 0 Å². The molecule has 140 valence electrons. The molecule has 0 spiro atoms. The molecule has 0 bridgehead atoms. The fourth-order valence-electron chi connectivity index (χ4n) is 2.41. The van der Waals surface area contributed by atoms with Gasteiger partial charge in [-0.3, -0.25) is 0 Å². The van der Waals surface area contributed by atoms with Gasteiger partial charge in [-0.25, -0.2) is 0 Å². The summed E-state index contributed by atoms with van der Waals surface area (Å²) in [4.78, 5) is 0. The van der Waals surface area contributed by atoms with Crippen LogP contribution < -0.4 is 0 Å². The average Bonchev–Trinajstić information content (AvgIpc) is 2.21. The maximum absolute atomic E-state index is 6.31. The Hall–Kier alpha value is 0.844. The summed E-state index contributed by atoms with van der Waals surface area (Å²) in [5.41, 5.74) is 0. The quantitative estimate of drug-likeness (QED) is 0.504. The van der Waals surface area contributed by atoms with E-state index < -0.39 is 42.8 Å². The predicted octanol–water partition coefficient (Wildman–Crippen LogP) is 3.85. The van der Waals surface area contributed by atoms with E-state index in [0.717, 1.165) is 0 Å². The fraction of sp³-hybridized carbons (Fsp3) is 1.00. The highest BCUT2D eigenvalue weighted by Crippen LogP contribution is 2.26. The Bertz CT molecular complexity index is 385. The molecule has 1 unspecified atom stereocenters. The van der Waals surface area contributed by atoms with Gasteiger partial charge in [0, 0.05) is 20.8 Å². The Morgan fingerprint density at radius 3 is 1.13 bits per heavy atom. The van der Waals surface area contributed by atoms with Gasteiger partial charge in [0.2, 0.25) is 0 Å². The lowest BCUT2D eigenvalue weighted by Gasteiger charge is -2.41. The Labute approximate surface area is 148 Å². The maximum Gasteiger partial charge on any atom is 0.479 e. The van der Waals surface area contributed by atoms with Gasteiger partial charge in [-0.1, -0.05) is 0 Å². The van der Waals surface area contributed by atoms with Gasteiger partial charge >= 0.3 is 34.5 Å². The molecule has 0 rings (SSSR count). The molecule has 0 N–H and O–H groups in total. The van der Waals surface area contributed by atoms with Crippen molar-refractivity contribution in [3.8, 4) is 0 Å². The largest absolute Gasteiger partial charge is 0.479 e. The van der Waals surface area contributed by atoms with Crippen LogP contribution in [0.2, 0.25) is 65.5 Å². The molecule has 0 aliphatic heterocycles. The second kappa shape index (κ2) is 8.03. The third-order valence-electron chi connectivity index (χ3n) is 2.77. The summed E-state index contributed by atoms with van der Waals surface area (Å²) in [6, 6.07) is 0. The van der Waals surface area contributed by atoms with E-state index in [1.54, 1.807) is 14.2 Å². The van der Waals surface area contributed by atoms with Crippen LogP contribution in [-0.4, -0.2) is 57.0 Å². The van der Waals surface area contributed by atoms with E-state index in [4.69, 9.17) is 25.3 Å². The van der Waals surface area contributed by atoms with Crippen LogP contribution in [0.3, 0.4) is 0 Å². The van der Waals surface area contributed by atoms with E-state index in [1.165, 1.54) is 0 Å². The van der Waals surface area contributed by atoms with E-state index in [0.29, 0.717) is 0 Å². The SMILES string of the molecule is CO[Si](C)(C)O[Si](C)(C)O[Si](C)(OC)O[Si](C)(C)O[Si](C)(C)C. The maximum atomic E-state index is 6.31. The second-order valence-corrected chi connectivity index (χ2v) is 26.4. The minimum atomic E-state index is -2.84. The Morgan fingerprint density at radius 1 is 0.435 bits per heavy atom. The van der Waals surface area contributed by atoms with Crippen molar-refractivity contribution < 1.29 is 25.3 Å².